The molecule has 0 saturated carbocycles. The van der Waals surface area contributed by atoms with Gasteiger partial charge in [0.25, 0.3) is 0 Å². The summed E-state index contributed by atoms with van der Waals surface area (Å²) >= 11 is 0. The second-order valence-corrected chi connectivity index (χ2v) is 3.18. The third-order valence-corrected chi connectivity index (χ3v) is 2.25. The van der Waals surface area contributed by atoms with Gasteiger partial charge in [-0.1, -0.05) is 6.92 Å². The molecule has 2 aromatic rings. The van der Waals surface area contributed by atoms with Gasteiger partial charge in [-0.3, -0.25) is 0 Å². The van der Waals surface area contributed by atoms with Gasteiger partial charge in [-0.25, -0.2) is 4.98 Å². The largest absolute Gasteiger partial charge is 0.342 e. The van der Waals surface area contributed by atoms with Crippen LogP contribution in [-0.2, 0) is 6.42 Å². The molecule has 4 nitrogen and oxygen atoms in total. The standard InChI is InChI=1S/C11H8N4/c1-2-11-14-9-3-7(5-12)8(6-13)4-10(9)15-11/h3-4H,2H2,1H3,(H,14,15). The molecule has 0 aliphatic carbocycles. The predicted molar refractivity (Wildman–Crippen MR) is 54.9 cm³/mol. The molecule has 15 heavy (non-hydrogen) atoms. The molecule has 1 aromatic heterocycles. The van der Waals surface area contributed by atoms with Crippen molar-refractivity contribution in [2.24, 2.45) is 0 Å². The molecule has 0 spiro atoms. The molecule has 2 rings (SSSR count). The Balaban J connectivity index is 2.75. The van der Waals surface area contributed by atoms with E-state index in [0.29, 0.717) is 11.1 Å². The van der Waals surface area contributed by atoms with E-state index in [1.165, 1.54) is 0 Å². The second-order valence-electron chi connectivity index (χ2n) is 3.18. The first-order valence-corrected chi connectivity index (χ1v) is 4.61. The predicted octanol–water partition coefficient (Wildman–Crippen LogP) is 1.87. The number of hydrogen-bond acceptors (Lipinski definition) is 3. The van der Waals surface area contributed by atoms with E-state index in [-0.39, 0.29) is 0 Å². The van der Waals surface area contributed by atoms with Crippen LogP contribution in [0.4, 0.5) is 0 Å². The smallest absolute Gasteiger partial charge is 0.106 e. The summed E-state index contributed by atoms with van der Waals surface area (Å²) in [5.41, 5.74) is 2.31. The summed E-state index contributed by atoms with van der Waals surface area (Å²) in [6.45, 7) is 1.99. The summed E-state index contributed by atoms with van der Waals surface area (Å²) in [5.74, 6) is 0.865. The van der Waals surface area contributed by atoms with Gasteiger partial charge in [0.1, 0.15) is 18.0 Å². The fourth-order valence-corrected chi connectivity index (χ4v) is 1.46. The Hall–Kier alpha value is -2.33. The van der Waals surface area contributed by atoms with E-state index < -0.39 is 0 Å². The van der Waals surface area contributed by atoms with Crippen molar-refractivity contribution in [3.8, 4) is 12.1 Å². The van der Waals surface area contributed by atoms with Gasteiger partial charge in [0.2, 0.25) is 0 Å². The Bertz CT molecular complexity index is 544. The van der Waals surface area contributed by atoms with E-state index in [0.717, 1.165) is 23.3 Å². The van der Waals surface area contributed by atoms with Gasteiger partial charge in [0, 0.05) is 6.42 Å². The zero-order chi connectivity index (χ0) is 10.8. The summed E-state index contributed by atoms with van der Waals surface area (Å²) in [6.07, 6.45) is 0.804. The van der Waals surface area contributed by atoms with Crippen molar-refractivity contribution < 1.29 is 0 Å². The summed E-state index contributed by atoms with van der Waals surface area (Å²) in [7, 11) is 0. The van der Waals surface area contributed by atoms with Gasteiger partial charge in [-0.05, 0) is 12.1 Å². The van der Waals surface area contributed by atoms with Crippen LogP contribution >= 0.6 is 0 Å². The third-order valence-electron chi connectivity index (χ3n) is 2.25. The highest BCUT2D eigenvalue weighted by atomic mass is 14.9. The van der Waals surface area contributed by atoms with Gasteiger partial charge in [0.15, 0.2) is 0 Å². The molecule has 1 heterocycles. The maximum absolute atomic E-state index is 8.84. The average molecular weight is 196 g/mol. The molecule has 0 saturated heterocycles. The van der Waals surface area contributed by atoms with Crippen molar-refractivity contribution in [1.29, 1.82) is 10.5 Å². The number of aryl methyl sites for hydroxylation is 1. The first-order valence-electron chi connectivity index (χ1n) is 4.61. The fourth-order valence-electron chi connectivity index (χ4n) is 1.46. The molecule has 0 radical (unpaired) electrons. The topological polar surface area (TPSA) is 76.3 Å². The number of hydrogen-bond donors (Lipinski definition) is 1. The van der Waals surface area contributed by atoms with Crippen molar-refractivity contribution in [2.45, 2.75) is 13.3 Å². The minimum atomic E-state index is 0.374. The minimum absolute atomic E-state index is 0.374. The quantitative estimate of drug-likeness (QED) is 0.756. The van der Waals surface area contributed by atoms with Crippen LogP contribution in [0.15, 0.2) is 12.1 Å². The highest BCUT2D eigenvalue weighted by Crippen LogP contribution is 2.17. The van der Waals surface area contributed by atoms with Crippen molar-refractivity contribution in [3.05, 3.63) is 29.1 Å². The van der Waals surface area contributed by atoms with Gasteiger partial charge in [-0.15, -0.1) is 0 Å². The zero-order valence-corrected chi connectivity index (χ0v) is 8.20. The Morgan fingerprint density at radius 2 is 1.93 bits per heavy atom. The maximum Gasteiger partial charge on any atom is 0.106 e. The number of aromatic amines is 1. The lowest BCUT2D eigenvalue weighted by atomic mass is 10.1. The molecule has 0 bridgehead atoms. The first kappa shape index (κ1) is 9.23. The van der Waals surface area contributed by atoms with Crippen molar-refractivity contribution in [1.82, 2.24) is 9.97 Å². The van der Waals surface area contributed by atoms with E-state index in [9.17, 15) is 0 Å². The monoisotopic (exact) mass is 196 g/mol. The minimum Gasteiger partial charge on any atom is -0.342 e. The van der Waals surface area contributed by atoms with Gasteiger partial charge in [0.05, 0.1) is 22.2 Å². The van der Waals surface area contributed by atoms with Crippen LogP contribution in [0, 0.1) is 22.7 Å². The van der Waals surface area contributed by atoms with Crippen molar-refractivity contribution >= 4 is 11.0 Å². The molecular formula is C11H8N4. The number of nitrogens with one attached hydrogen (secondary N) is 1. The number of H-pyrrole nitrogens is 1. The van der Waals surface area contributed by atoms with Crippen LogP contribution in [0.3, 0.4) is 0 Å². The molecule has 0 aliphatic rings. The SMILES string of the molecule is CCc1nc2cc(C#N)c(C#N)cc2[nH]1. The molecule has 0 atom stereocenters. The average Bonchev–Trinajstić information content (AvgIpc) is 2.68. The number of imidazole rings is 1. The van der Waals surface area contributed by atoms with E-state index >= 15 is 0 Å². The van der Waals surface area contributed by atoms with E-state index in [2.05, 4.69) is 9.97 Å². The number of rotatable bonds is 1. The molecule has 0 amide bonds. The van der Waals surface area contributed by atoms with Crippen LogP contribution in [0.2, 0.25) is 0 Å². The molecule has 0 fully saturated rings. The van der Waals surface area contributed by atoms with Crippen LogP contribution in [0.1, 0.15) is 23.9 Å². The Morgan fingerprint density at radius 3 is 2.53 bits per heavy atom. The van der Waals surface area contributed by atoms with Crippen LogP contribution in [0.25, 0.3) is 11.0 Å². The number of nitriles is 2. The van der Waals surface area contributed by atoms with Crippen LogP contribution in [0.5, 0.6) is 0 Å². The van der Waals surface area contributed by atoms with Crippen LogP contribution < -0.4 is 0 Å². The van der Waals surface area contributed by atoms with Gasteiger partial charge in [-0.2, -0.15) is 10.5 Å². The third kappa shape index (κ3) is 1.43. The number of nitrogens with zero attached hydrogens (tertiary/aromatic N) is 3. The zero-order valence-electron chi connectivity index (χ0n) is 8.20. The number of benzene rings is 1. The van der Waals surface area contributed by atoms with E-state index in [1.807, 2.05) is 19.1 Å². The summed E-state index contributed by atoms with van der Waals surface area (Å²) in [6, 6.07) is 7.29. The normalized spacial score (nSPS) is 9.80. The molecule has 1 N–H and O–H groups in total. The molecule has 1 aromatic carbocycles. The lowest BCUT2D eigenvalue weighted by molar-refractivity contribution is 1.00. The van der Waals surface area contributed by atoms with Gasteiger partial charge >= 0.3 is 0 Å². The highest BCUT2D eigenvalue weighted by Gasteiger charge is 2.07. The lowest BCUT2D eigenvalue weighted by Gasteiger charge is -1.92. The molecular weight excluding hydrogens is 188 g/mol. The molecule has 0 aliphatic heterocycles. The Morgan fingerprint density at radius 1 is 1.27 bits per heavy atom. The van der Waals surface area contributed by atoms with Crippen molar-refractivity contribution in [3.63, 3.8) is 0 Å². The molecule has 0 unspecified atom stereocenters. The number of fused-ring (bicyclic) bond motifs is 1. The summed E-state index contributed by atoms with van der Waals surface area (Å²) < 4.78 is 0. The molecule has 4 heteroatoms. The number of aromatic nitrogens is 2. The van der Waals surface area contributed by atoms with E-state index in [1.54, 1.807) is 12.1 Å². The Kier molecular flexibility index (Phi) is 2.11. The van der Waals surface area contributed by atoms with E-state index in [4.69, 9.17) is 10.5 Å². The summed E-state index contributed by atoms with van der Waals surface area (Å²) in [4.78, 5) is 7.40. The second kappa shape index (κ2) is 3.43. The highest BCUT2D eigenvalue weighted by molar-refractivity contribution is 5.79. The van der Waals surface area contributed by atoms with Crippen molar-refractivity contribution in [2.75, 3.05) is 0 Å². The van der Waals surface area contributed by atoms with Crippen LogP contribution in [-0.4, -0.2) is 9.97 Å². The fraction of sp³-hybridized carbons (Fsp3) is 0.182. The first-order chi connectivity index (χ1) is 7.28. The summed E-state index contributed by atoms with van der Waals surface area (Å²) in [5, 5.41) is 17.7. The van der Waals surface area contributed by atoms with Gasteiger partial charge < -0.3 is 4.98 Å². The maximum atomic E-state index is 8.84. The molecule has 72 valence electrons. The lowest BCUT2D eigenvalue weighted by Crippen LogP contribution is -1.83. The Labute approximate surface area is 86.8 Å².